The number of allylic oxidation sites excluding steroid dienone is 1. The summed E-state index contributed by atoms with van der Waals surface area (Å²) in [5, 5.41) is 10.7. The summed E-state index contributed by atoms with van der Waals surface area (Å²) in [4.78, 5) is 10.3. The molecule has 0 heterocycles. The number of methoxy groups -OCH3 is 2. The van der Waals surface area contributed by atoms with E-state index in [1.54, 1.807) is 20.3 Å². The van der Waals surface area contributed by atoms with Gasteiger partial charge in [0.15, 0.2) is 0 Å². The van der Waals surface area contributed by atoms with Crippen LogP contribution in [0.4, 0.5) is 0 Å². The summed E-state index contributed by atoms with van der Waals surface area (Å²) < 4.78 is 10.7. The van der Waals surface area contributed by atoms with Crippen molar-refractivity contribution >= 4 is 6.08 Å². The van der Waals surface area contributed by atoms with Crippen LogP contribution >= 0.6 is 0 Å². The van der Waals surface area contributed by atoms with E-state index in [0.29, 0.717) is 17.2 Å². The zero-order valence-electron chi connectivity index (χ0n) is 12.6. The zero-order valence-corrected chi connectivity index (χ0v) is 12.6. The molecule has 0 bridgehead atoms. The molecule has 1 aromatic carbocycles. The van der Waals surface area contributed by atoms with Crippen molar-refractivity contribution in [2.75, 3.05) is 14.2 Å². The average molecular weight is 279 g/mol. The summed E-state index contributed by atoms with van der Waals surface area (Å²) in [6.45, 7) is 5.66. The van der Waals surface area contributed by atoms with Crippen LogP contribution < -0.4 is 9.47 Å². The quantitative estimate of drug-likeness (QED) is 0.586. The van der Waals surface area contributed by atoms with E-state index in [1.165, 1.54) is 13.0 Å². The molecule has 1 aromatic rings. The number of hydrogen-bond acceptors (Lipinski definition) is 4. The molecule has 0 amide bonds. The second-order valence-electron chi connectivity index (χ2n) is 4.69. The maximum absolute atomic E-state index is 10.7. The van der Waals surface area contributed by atoms with Crippen LogP contribution in [0.1, 0.15) is 44.2 Å². The molecule has 5 nitrogen and oxygen atoms in total. The molecule has 1 rings (SSSR count). The molecule has 0 aliphatic heterocycles. The van der Waals surface area contributed by atoms with Crippen LogP contribution in [-0.2, 0) is 0 Å². The van der Waals surface area contributed by atoms with Crippen molar-refractivity contribution in [2.24, 2.45) is 0 Å². The summed E-state index contributed by atoms with van der Waals surface area (Å²) in [6, 6.07) is 3.68. The van der Waals surface area contributed by atoms with Crippen molar-refractivity contribution < 1.29 is 14.4 Å². The van der Waals surface area contributed by atoms with Crippen LogP contribution in [-0.4, -0.2) is 19.1 Å². The first-order valence-corrected chi connectivity index (χ1v) is 6.53. The molecule has 0 radical (unpaired) electrons. The highest BCUT2D eigenvalue weighted by molar-refractivity contribution is 5.63. The summed E-state index contributed by atoms with van der Waals surface area (Å²) in [7, 11) is 3.16. The third-order valence-electron chi connectivity index (χ3n) is 3.38. The van der Waals surface area contributed by atoms with E-state index in [4.69, 9.17) is 9.47 Å². The lowest BCUT2D eigenvalue weighted by Gasteiger charge is -2.17. The lowest BCUT2D eigenvalue weighted by atomic mass is 9.95. The molecule has 0 aliphatic carbocycles. The largest absolute Gasteiger partial charge is 0.496 e. The summed E-state index contributed by atoms with van der Waals surface area (Å²) in [5.41, 5.74) is 1.75. The summed E-state index contributed by atoms with van der Waals surface area (Å²) in [6.07, 6.45) is 2.46. The highest BCUT2D eigenvalue weighted by atomic mass is 16.6. The molecule has 0 aromatic heterocycles. The molecule has 0 unspecified atom stereocenters. The fourth-order valence-electron chi connectivity index (χ4n) is 1.94. The molecule has 0 fully saturated rings. The van der Waals surface area contributed by atoms with E-state index in [0.717, 1.165) is 17.7 Å². The van der Waals surface area contributed by atoms with Crippen LogP contribution in [0, 0.1) is 10.1 Å². The highest BCUT2D eigenvalue weighted by Crippen LogP contribution is 2.35. The smallest absolute Gasteiger partial charge is 0.243 e. The van der Waals surface area contributed by atoms with Gasteiger partial charge in [0.1, 0.15) is 11.5 Å². The Labute approximate surface area is 119 Å². The van der Waals surface area contributed by atoms with Gasteiger partial charge in [-0.05, 0) is 24.5 Å². The van der Waals surface area contributed by atoms with E-state index in [-0.39, 0.29) is 5.70 Å². The van der Waals surface area contributed by atoms with Gasteiger partial charge >= 0.3 is 0 Å². The SMILES string of the molecule is CC[C@H](C)c1cc(OC)c(/C=C(\C)[N+](=O)[O-])cc1OC. The van der Waals surface area contributed by atoms with Crippen molar-refractivity contribution in [1.82, 2.24) is 0 Å². The number of benzene rings is 1. The van der Waals surface area contributed by atoms with E-state index < -0.39 is 4.92 Å². The first kappa shape index (κ1) is 16.0. The molecule has 20 heavy (non-hydrogen) atoms. The van der Waals surface area contributed by atoms with Crippen LogP contribution in [0.15, 0.2) is 17.8 Å². The number of nitrogens with zero attached hydrogens (tertiary/aromatic N) is 1. The number of ether oxygens (including phenoxy) is 2. The van der Waals surface area contributed by atoms with Gasteiger partial charge in [-0.25, -0.2) is 0 Å². The van der Waals surface area contributed by atoms with Crippen molar-refractivity contribution in [3.8, 4) is 11.5 Å². The first-order valence-electron chi connectivity index (χ1n) is 6.53. The van der Waals surface area contributed by atoms with Crippen molar-refractivity contribution in [3.63, 3.8) is 0 Å². The lowest BCUT2D eigenvalue weighted by molar-refractivity contribution is -0.422. The minimum Gasteiger partial charge on any atom is -0.496 e. The van der Waals surface area contributed by atoms with Gasteiger partial charge in [0.05, 0.1) is 19.1 Å². The van der Waals surface area contributed by atoms with E-state index >= 15 is 0 Å². The lowest BCUT2D eigenvalue weighted by Crippen LogP contribution is -2.00. The molecule has 0 saturated heterocycles. The van der Waals surface area contributed by atoms with Crippen LogP contribution in [0.5, 0.6) is 11.5 Å². The molecule has 110 valence electrons. The Hall–Kier alpha value is -2.04. The van der Waals surface area contributed by atoms with Crippen LogP contribution in [0.2, 0.25) is 0 Å². The Morgan fingerprint density at radius 2 is 1.95 bits per heavy atom. The van der Waals surface area contributed by atoms with Crippen LogP contribution in [0.25, 0.3) is 6.08 Å². The standard InChI is InChI=1S/C15H21NO4/c1-6-10(2)13-9-14(19-4)12(8-15(13)20-5)7-11(3)16(17)18/h7-10H,6H2,1-5H3/b11-7+/t10-/m0/s1. The molecule has 5 heteroatoms. The predicted octanol–water partition coefficient (Wildman–Crippen LogP) is 3.85. The summed E-state index contributed by atoms with van der Waals surface area (Å²) in [5.74, 6) is 1.67. The molecule has 0 N–H and O–H groups in total. The third-order valence-corrected chi connectivity index (χ3v) is 3.38. The topological polar surface area (TPSA) is 61.6 Å². The van der Waals surface area contributed by atoms with Gasteiger partial charge in [-0.2, -0.15) is 0 Å². The Kier molecular flexibility index (Phi) is 5.55. The minimum atomic E-state index is -0.422. The second-order valence-corrected chi connectivity index (χ2v) is 4.69. The normalized spacial score (nSPS) is 12.9. The summed E-state index contributed by atoms with van der Waals surface area (Å²) >= 11 is 0. The van der Waals surface area contributed by atoms with Gasteiger partial charge in [-0.15, -0.1) is 0 Å². The first-order chi connectivity index (χ1) is 9.44. The van der Waals surface area contributed by atoms with Gasteiger partial charge in [0.2, 0.25) is 5.70 Å². The monoisotopic (exact) mass is 279 g/mol. The van der Waals surface area contributed by atoms with Gasteiger partial charge in [-0.1, -0.05) is 13.8 Å². The maximum Gasteiger partial charge on any atom is 0.243 e. The average Bonchev–Trinajstić information content (AvgIpc) is 2.45. The van der Waals surface area contributed by atoms with Gasteiger partial charge in [0.25, 0.3) is 0 Å². The van der Waals surface area contributed by atoms with Crippen LogP contribution in [0.3, 0.4) is 0 Å². The fourth-order valence-corrected chi connectivity index (χ4v) is 1.94. The Morgan fingerprint density at radius 3 is 2.40 bits per heavy atom. The fraction of sp³-hybridized carbons (Fsp3) is 0.467. The van der Waals surface area contributed by atoms with E-state index in [1.807, 2.05) is 6.07 Å². The van der Waals surface area contributed by atoms with Crippen molar-refractivity contribution in [1.29, 1.82) is 0 Å². The molecule has 0 aliphatic rings. The Balaban J connectivity index is 3.40. The number of nitro groups is 1. The molecular formula is C15H21NO4. The zero-order chi connectivity index (χ0) is 15.3. The molecular weight excluding hydrogens is 258 g/mol. The van der Waals surface area contributed by atoms with Gasteiger partial charge in [-0.3, -0.25) is 10.1 Å². The maximum atomic E-state index is 10.7. The van der Waals surface area contributed by atoms with Crippen molar-refractivity contribution in [3.05, 3.63) is 39.1 Å². The van der Waals surface area contributed by atoms with E-state index in [9.17, 15) is 10.1 Å². The van der Waals surface area contributed by atoms with Crippen molar-refractivity contribution in [2.45, 2.75) is 33.1 Å². The highest BCUT2D eigenvalue weighted by Gasteiger charge is 2.15. The number of hydrogen-bond donors (Lipinski definition) is 0. The number of rotatable bonds is 6. The minimum absolute atomic E-state index is 0.0571. The van der Waals surface area contributed by atoms with Gasteiger partial charge < -0.3 is 9.47 Å². The Morgan fingerprint density at radius 1 is 1.35 bits per heavy atom. The predicted molar refractivity (Wildman–Crippen MR) is 78.9 cm³/mol. The molecule has 0 saturated carbocycles. The third kappa shape index (κ3) is 3.50. The Bertz CT molecular complexity index is 523. The second kappa shape index (κ2) is 6.93. The van der Waals surface area contributed by atoms with Gasteiger partial charge in [0, 0.05) is 24.1 Å². The van der Waals surface area contributed by atoms with E-state index in [2.05, 4.69) is 13.8 Å². The molecule has 1 atom stereocenters. The molecule has 0 spiro atoms.